The summed E-state index contributed by atoms with van der Waals surface area (Å²) in [6, 6.07) is 7.40. The van der Waals surface area contributed by atoms with Crippen LogP contribution in [0.25, 0.3) is 10.9 Å². The van der Waals surface area contributed by atoms with E-state index in [4.69, 9.17) is 4.74 Å². The molecule has 2 aromatic rings. The molecule has 1 amide bonds. The SMILES string of the molecule is CC(C)NC(=O)C(C)Sc1nc2ccccc2c(=O)n1CC1CCCO1. The molecule has 2 atom stereocenters. The summed E-state index contributed by atoms with van der Waals surface area (Å²) in [4.78, 5) is 30.0. The average molecular weight is 375 g/mol. The van der Waals surface area contributed by atoms with Gasteiger partial charge in [-0.1, -0.05) is 23.9 Å². The summed E-state index contributed by atoms with van der Waals surface area (Å²) >= 11 is 1.32. The molecular formula is C19H25N3O3S. The first-order chi connectivity index (χ1) is 12.5. The van der Waals surface area contributed by atoms with Gasteiger partial charge in [-0.2, -0.15) is 0 Å². The number of aromatic nitrogens is 2. The highest BCUT2D eigenvalue weighted by molar-refractivity contribution is 8.00. The fourth-order valence-corrected chi connectivity index (χ4v) is 3.93. The zero-order valence-electron chi connectivity index (χ0n) is 15.4. The number of nitrogens with zero attached hydrogens (tertiary/aromatic N) is 2. The van der Waals surface area contributed by atoms with Crippen LogP contribution in [0.2, 0.25) is 0 Å². The largest absolute Gasteiger partial charge is 0.376 e. The number of thioether (sulfide) groups is 1. The molecule has 7 heteroatoms. The fourth-order valence-electron chi connectivity index (χ4n) is 3.00. The van der Waals surface area contributed by atoms with Gasteiger partial charge in [-0.05, 0) is 45.7 Å². The highest BCUT2D eigenvalue weighted by atomic mass is 32.2. The molecule has 1 aliphatic heterocycles. The Labute approximate surface area is 157 Å². The normalized spacial score (nSPS) is 18.4. The van der Waals surface area contributed by atoms with Gasteiger partial charge in [0, 0.05) is 12.6 Å². The highest BCUT2D eigenvalue weighted by Gasteiger charge is 2.23. The topological polar surface area (TPSA) is 73.2 Å². The van der Waals surface area contributed by atoms with Crippen molar-refractivity contribution in [1.82, 2.24) is 14.9 Å². The molecule has 2 heterocycles. The van der Waals surface area contributed by atoms with Crippen LogP contribution in [0.5, 0.6) is 0 Å². The number of benzene rings is 1. The van der Waals surface area contributed by atoms with Crippen molar-refractivity contribution >= 4 is 28.6 Å². The van der Waals surface area contributed by atoms with Gasteiger partial charge in [0.25, 0.3) is 5.56 Å². The van der Waals surface area contributed by atoms with E-state index in [1.807, 2.05) is 39.0 Å². The molecule has 0 spiro atoms. The predicted molar refractivity (Wildman–Crippen MR) is 104 cm³/mol. The van der Waals surface area contributed by atoms with Crippen LogP contribution in [0.3, 0.4) is 0 Å². The van der Waals surface area contributed by atoms with E-state index >= 15 is 0 Å². The maximum absolute atomic E-state index is 13.0. The molecule has 2 unspecified atom stereocenters. The first-order valence-corrected chi connectivity index (χ1v) is 9.92. The molecular weight excluding hydrogens is 350 g/mol. The molecule has 1 aliphatic rings. The van der Waals surface area contributed by atoms with Gasteiger partial charge in [0.15, 0.2) is 5.16 Å². The fraction of sp³-hybridized carbons (Fsp3) is 0.526. The Bertz CT molecular complexity index is 844. The molecule has 0 saturated carbocycles. The van der Waals surface area contributed by atoms with Gasteiger partial charge < -0.3 is 10.1 Å². The molecule has 140 valence electrons. The van der Waals surface area contributed by atoms with Crippen LogP contribution in [0.1, 0.15) is 33.6 Å². The maximum Gasteiger partial charge on any atom is 0.262 e. The first-order valence-electron chi connectivity index (χ1n) is 9.04. The third-order valence-corrected chi connectivity index (χ3v) is 5.41. The van der Waals surface area contributed by atoms with Crippen LogP contribution in [0.15, 0.2) is 34.2 Å². The van der Waals surface area contributed by atoms with Gasteiger partial charge in [-0.3, -0.25) is 14.2 Å². The third-order valence-electron chi connectivity index (χ3n) is 4.32. The molecule has 1 aromatic heterocycles. The highest BCUT2D eigenvalue weighted by Crippen LogP contribution is 2.24. The number of carbonyl (C=O) groups is 1. The molecule has 1 saturated heterocycles. The lowest BCUT2D eigenvalue weighted by atomic mass is 10.2. The summed E-state index contributed by atoms with van der Waals surface area (Å²) in [7, 11) is 0. The summed E-state index contributed by atoms with van der Waals surface area (Å²) in [6.45, 7) is 6.89. The van der Waals surface area contributed by atoms with E-state index in [0.29, 0.717) is 22.6 Å². The van der Waals surface area contributed by atoms with Gasteiger partial charge in [-0.25, -0.2) is 4.98 Å². The number of hydrogen-bond acceptors (Lipinski definition) is 5. The Kier molecular flexibility index (Phi) is 5.98. The number of rotatable bonds is 6. The minimum atomic E-state index is -0.346. The predicted octanol–water partition coefficient (Wildman–Crippen LogP) is 2.58. The number of fused-ring (bicyclic) bond motifs is 1. The van der Waals surface area contributed by atoms with Crippen LogP contribution in [0.4, 0.5) is 0 Å². The van der Waals surface area contributed by atoms with E-state index in [9.17, 15) is 9.59 Å². The number of carbonyl (C=O) groups excluding carboxylic acids is 1. The van der Waals surface area contributed by atoms with Crippen molar-refractivity contribution in [2.24, 2.45) is 0 Å². The van der Waals surface area contributed by atoms with Crippen LogP contribution in [-0.2, 0) is 16.1 Å². The Morgan fingerprint density at radius 1 is 1.38 bits per heavy atom. The number of hydrogen-bond donors (Lipinski definition) is 1. The van der Waals surface area contributed by atoms with Crippen LogP contribution in [0, 0.1) is 0 Å². The van der Waals surface area contributed by atoms with Crippen LogP contribution >= 0.6 is 11.8 Å². The third kappa shape index (κ3) is 4.27. The summed E-state index contributed by atoms with van der Waals surface area (Å²) in [5.41, 5.74) is 0.574. The molecule has 3 rings (SSSR count). The molecule has 0 aliphatic carbocycles. The van der Waals surface area contributed by atoms with Gasteiger partial charge in [0.2, 0.25) is 5.91 Å². The standard InChI is InChI=1S/C19H25N3O3S/c1-12(2)20-17(23)13(3)26-19-21-16-9-5-4-8-15(16)18(24)22(19)11-14-7-6-10-25-14/h4-5,8-9,12-14H,6-7,10-11H2,1-3H3,(H,20,23). The minimum absolute atomic E-state index is 0.0230. The Hall–Kier alpha value is -1.86. The maximum atomic E-state index is 13.0. The molecule has 0 bridgehead atoms. The lowest BCUT2D eigenvalue weighted by molar-refractivity contribution is -0.120. The molecule has 26 heavy (non-hydrogen) atoms. The minimum Gasteiger partial charge on any atom is -0.376 e. The van der Waals surface area contributed by atoms with E-state index in [2.05, 4.69) is 10.3 Å². The van der Waals surface area contributed by atoms with Crippen molar-refractivity contribution in [2.75, 3.05) is 6.61 Å². The molecule has 1 aromatic carbocycles. The number of nitrogens with one attached hydrogen (secondary N) is 1. The quantitative estimate of drug-likeness (QED) is 0.621. The number of para-hydroxylation sites is 1. The van der Waals surface area contributed by atoms with Gasteiger partial charge >= 0.3 is 0 Å². The lowest BCUT2D eigenvalue weighted by Crippen LogP contribution is -2.36. The summed E-state index contributed by atoms with van der Waals surface area (Å²) in [5.74, 6) is -0.0592. The van der Waals surface area contributed by atoms with Crippen molar-refractivity contribution in [3.63, 3.8) is 0 Å². The van der Waals surface area contributed by atoms with E-state index in [1.165, 1.54) is 11.8 Å². The number of ether oxygens (including phenoxy) is 1. The van der Waals surface area contributed by atoms with Crippen molar-refractivity contribution < 1.29 is 9.53 Å². The van der Waals surface area contributed by atoms with Crippen molar-refractivity contribution in [3.05, 3.63) is 34.6 Å². The smallest absolute Gasteiger partial charge is 0.262 e. The van der Waals surface area contributed by atoms with Gasteiger partial charge in [0.05, 0.1) is 28.8 Å². The second-order valence-electron chi connectivity index (χ2n) is 6.89. The van der Waals surface area contributed by atoms with Gasteiger partial charge in [0.1, 0.15) is 0 Å². The van der Waals surface area contributed by atoms with E-state index in [-0.39, 0.29) is 28.9 Å². The van der Waals surface area contributed by atoms with Crippen LogP contribution in [-0.4, -0.2) is 39.5 Å². The average Bonchev–Trinajstić information content (AvgIpc) is 3.11. The molecule has 1 fully saturated rings. The van der Waals surface area contributed by atoms with E-state index in [1.54, 1.807) is 10.6 Å². The summed E-state index contributed by atoms with van der Waals surface area (Å²) in [5, 5.41) is 3.72. The monoisotopic (exact) mass is 375 g/mol. The van der Waals surface area contributed by atoms with Crippen LogP contribution < -0.4 is 10.9 Å². The second-order valence-corrected chi connectivity index (χ2v) is 8.19. The van der Waals surface area contributed by atoms with Crippen molar-refractivity contribution in [1.29, 1.82) is 0 Å². The van der Waals surface area contributed by atoms with Crippen molar-refractivity contribution in [3.8, 4) is 0 Å². The first kappa shape index (κ1) is 18.9. The van der Waals surface area contributed by atoms with E-state index in [0.717, 1.165) is 19.4 Å². The number of amides is 1. The summed E-state index contributed by atoms with van der Waals surface area (Å²) < 4.78 is 7.38. The molecule has 0 radical (unpaired) electrons. The summed E-state index contributed by atoms with van der Waals surface area (Å²) in [6.07, 6.45) is 1.97. The Morgan fingerprint density at radius 2 is 2.15 bits per heavy atom. The zero-order valence-corrected chi connectivity index (χ0v) is 16.2. The second kappa shape index (κ2) is 8.22. The Balaban J connectivity index is 1.95. The lowest BCUT2D eigenvalue weighted by Gasteiger charge is -2.19. The van der Waals surface area contributed by atoms with Gasteiger partial charge in [-0.15, -0.1) is 0 Å². The molecule has 1 N–H and O–H groups in total. The Morgan fingerprint density at radius 3 is 2.85 bits per heavy atom. The molecule has 6 nitrogen and oxygen atoms in total. The van der Waals surface area contributed by atoms with E-state index < -0.39 is 0 Å². The zero-order chi connectivity index (χ0) is 18.7. The van der Waals surface area contributed by atoms with Crippen molar-refractivity contribution in [2.45, 2.75) is 62.7 Å².